The molecule has 0 aliphatic heterocycles. The molecule has 2 atom stereocenters. The summed E-state index contributed by atoms with van der Waals surface area (Å²) >= 11 is 0. The first-order chi connectivity index (χ1) is 7.56. The molecule has 0 amide bonds. The summed E-state index contributed by atoms with van der Waals surface area (Å²) in [6.45, 7) is 2.12. The standard InChI is InChI=1S/C12H24O4/c1-2-3-4-6-10(13)7-5-8-11(14)9-12(15)16/h10-11,13-14H,2-9H2,1H3,(H,15,16). The molecule has 0 spiro atoms. The molecule has 0 aliphatic rings. The van der Waals surface area contributed by atoms with Gasteiger partial charge in [0, 0.05) is 0 Å². The molecule has 16 heavy (non-hydrogen) atoms. The molecule has 0 aliphatic carbocycles. The van der Waals surface area contributed by atoms with Crippen molar-refractivity contribution >= 4 is 5.97 Å². The van der Waals surface area contributed by atoms with Crippen LogP contribution in [0.5, 0.6) is 0 Å². The molecular weight excluding hydrogens is 208 g/mol. The quantitative estimate of drug-likeness (QED) is 0.503. The highest BCUT2D eigenvalue weighted by Crippen LogP contribution is 2.11. The molecular formula is C12H24O4. The molecule has 0 fully saturated rings. The van der Waals surface area contributed by atoms with Gasteiger partial charge in [-0.1, -0.05) is 26.2 Å². The van der Waals surface area contributed by atoms with E-state index in [-0.39, 0.29) is 12.5 Å². The Labute approximate surface area is 97.3 Å². The lowest BCUT2D eigenvalue weighted by Crippen LogP contribution is -2.14. The average molecular weight is 232 g/mol. The Kier molecular flexibility index (Phi) is 9.24. The number of carbonyl (C=O) groups is 1. The summed E-state index contributed by atoms with van der Waals surface area (Å²) in [6.07, 6.45) is 4.63. The zero-order chi connectivity index (χ0) is 12.4. The van der Waals surface area contributed by atoms with Crippen molar-refractivity contribution in [1.82, 2.24) is 0 Å². The summed E-state index contributed by atoms with van der Waals surface area (Å²) < 4.78 is 0. The van der Waals surface area contributed by atoms with E-state index < -0.39 is 12.1 Å². The molecule has 0 saturated heterocycles. The summed E-state index contributed by atoms with van der Waals surface area (Å²) in [7, 11) is 0. The fourth-order valence-corrected chi connectivity index (χ4v) is 1.67. The number of carboxylic acids is 1. The number of hydrogen-bond acceptors (Lipinski definition) is 3. The lowest BCUT2D eigenvalue weighted by molar-refractivity contribution is -0.139. The van der Waals surface area contributed by atoms with E-state index >= 15 is 0 Å². The molecule has 3 N–H and O–H groups in total. The van der Waals surface area contributed by atoms with Gasteiger partial charge in [-0.25, -0.2) is 0 Å². The van der Waals surface area contributed by atoms with Gasteiger partial charge in [0.05, 0.1) is 18.6 Å². The first-order valence-electron chi connectivity index (χ1n) is 6.14. The molecule has 4 nitrogen and oxygen atoms in total. The van der Waals surface area contributed by atoms with Crippen LogP contribution in [0.15, 0.2) is 0 Å². The Morgan fingerprint density at radius 3 is 2.12 bits per heavy atom. The highest BCUT2D eigenvalue weighted by atomic mass is 16.4. The lowest BCUT2D eigenvalue weighted by atomic mass is 10.0. The van der Waals surface area contributed by atoms with Crippen LogP contribution in [0.25, 0.3) is 0 Å². The third kappa shape index (κ3) is 9.93. The van der Waals surface area contributed by atoms with E-state index in [1.165, 1.54) is 0 Å². The van der Waals surface area contributed by atoms with Crippen LogP contribution in [0.2, 0.25) is 0 Å². The van der Waals surface area contributed by atoms with Gasteiger partial charge < -0.3 is 15.3 Å². The fourth-order valence-electron chi connectivity index (χ4n) is 1.67. The molecule has 0 radical (unpaired) electrons. The molecule has 0 bridgehead atoms. The Balaban J connectivity index is 3.38. The number of hydrogen-bond donors (Lipinski definition) is 3. The van der Waals surface area contributed by atoms with Crippen molar-refractivity contribution in [3.8, 4) is 0 Å². The SMILES string of the molecule is CCCCCC(O)CCCC(O)CC(=O)O. The maximum absolute atomic E-state index is 10.3. The van der Waals surface area contributed by atoms with Gasteiger partial charge in [0.15, 0.2) is 0 Å². The van der Waals surface area contributed by atoms with E-state index in [1.54, 1.807) is 0 Å². The molecule has 0 saturated carbocycles. The number of carboxylic acid groups (broad SMARTS) is 1. The maximum Gasteiger partial charge on any atom is 0.305 e. The van der Waals surface area contributed by atoms with Gasteiger partial charge in [0.2, 0.25) is 0 Å². The predicted molar refractivity (Wildman–Crippen MR) is 62.3 cm³/mol. The van der Waals surface area contributed by atoms with Crippen molar-refractivity contribution in [2.24, 2.45) is 0 Å². The number of unbranched alkanes of at least 4 members (excludes halogenated alkanes) is 2. The molecule has 0 aromatic rings. The molecule has 0 rings (SSSR count). The second kappa shape index (κ2) is 9.60. The van der Waals surface area contributed by atoms with Crippen molar-refractivity contribution in [3.05, 3.63) is 0 Å². The van der Waals surface area contributed by atoms with Crippen LogP contribution < -0.4 is 0 Å². The van der Waals surface area contributed by atoms with Crippen LogP contribution in [0.3, 0.4) is 0 Å². The van der Waals surface area contributed by atoms with Crippen molar-refractivity contribution in [2.75, 3.05) is 0 Å². The largest absolute Gasteiger partial charge is 0.481 e. The minimum atomic E-state index is -0.976. The fraction of sp³-hybridized carbons (Fsp3) is 0.917. The second-order valence-corrected chi connectivity index (χ2v) is 4.33. The van der Waals surface area contributed by atoms with Gasteiger partial charge in [0.1, 0.15) is 0 Å². The predicted octanol–water partition coefficient (Wildman–Crippen LogP) is 1.93. The summed E-state index contributed by atoms with van der Waals surface area (Å²) in [5.74, 6) is -0.976. The van der Waals surface area contributed by atoms with Crippen LogP contribution in [0.1, 0.15) is 58.3 Å². The van der Waals surface area contributed by atoms with Crippen LogP contribution >= 0.6 is 0 Å². The van der Waals surface area contributed by atoms with Crippen LogP contribution in [-0.4, -0.2) is 33.5 Å². The number of aliphatic hydroxyl groups excluding tert-OH is 2. The Bertz CT molecular complexity index is 182. The Morgan fingerprint density at radius 1 is 1.00 bits per heavy atom. The van der Waals surface area contributed by atoms with Gasteiger partial charge in [-0.2, -0.15) is 0 Å². The maximum atomic E-state index is 10.3. The molecule has 96 valence electrons. The monoisotopic (exact) mass is 232 g/mol. The highest BCUT2D eigenvalue weighted by molar-refractivity contribution is 5.67. The summed E-state index contributed by atoms with van der Waals surface area (Å²) in [4.78, 5) is 10.3. The molecule has 4 heteroatoms. The Morgan fingerprint density at radius 2 is 1.56 bits per heavy atom. The number of aliphatic carboxylic acids is 1. The summed E-state index contributed by atoms with van der Waals surface area (Å²) in [5, 5.41) is 27.3. The first-order valence-corrected chi connectivity index (χ1v) is 6.14. The van der Waals surface area contributed by atoms with Gasteiger partial charge in [0.25, 0.3) is 0 Å². The smallest absolute Gasteiger partial charge is 0.305 e. The van der Waals surface area contributed by atoms with Crippen LogP contribution in [0, 0.1) is 0 Å². The molecule has 0 heterocycles. The highest BCUT2D eigenvalue weighted by Gasteiger charge is 2.10. The number of aliphatic hydroxyl groups is 2. The zero-order valence-electron chi connectivity index (χ0n) is 10.1. The van der Waals surface area contributed by atoms with E-state index in [2.05, 4.69) is 6.92 Å². The number of rotatable bonds is 10. The Hall–Kier alpha value is -0.610. The van der Waals surface area contributed by atoms with Crippen molar-refractivity contribution < 1.29 is 20.1 Å². The van der Waals surface area contributed by atoms with E-state index in [9.17, 15) is 15.0 Å². The summed E-state index contributed by atoms with van der Waals surface area (Å²) in [6, 6.07) is 0. The van der Waals surface area contributed by atoms with Crippen molar-refractivity contribution in [2.45, 2.75) is 70.5 Å². The molecule has 2 unspecified atom stereocenters. The lowest BCUT2D eigenvalue weighted by Gasteiger charge is -2.11. The minimum absolute atomic E-state index is 0.202. The average Bonchev–Trinajstić information content (AvgIpc) is 2.17. The van der Waals surface area contributed by atoms with E-state index in [4.69, 9.17) is 5.11 Å². The van der Waals surface area contributed by atoms with E-state index in [1.807, 2.05) is 0 Å². The van der Waals surface area contributed by atoms with Gasteiger partial charge >= 0.3 is 5.97 Å². The van der Waals surface area contributed by atoms with E-state index in [0.717, 1.165) is 25.7 Å². The minimum Gasteiger partial charge on any atom is -0.481 e. The van der Waals surface area contributed by atoms with Gasteiger partial charge in [-0.15, -0.1) is 0 Å². The normalized spacial score (nSPS) is 14.7. The zero-order valence-corrected chi connectivity index (χ0v) is 10.1. The summed E-state index contributed by atoms with van der Waals surface area (Å²) in [5.41, 5.74) is 0. The topological polar surface area (TPSA) is 77.8 Å². The van der Waals surface area contributed by atoms with Gasteiger partial charge in [-0.05, 0) is 25.7 Å². The third-order valence-corrected chi connectivity index (χ3v) is 2.63. The third-order valence-electron chi connectivity index (χ3n) is 2.63. The second-order valence-electron chi connectivity index (χ2n) is 4.33. The van der Waals surface area contributed by atoms with Crippen molar-refractivity contribution in [1.29, 1.82) is 0 Å². The van der Waals surface area contributed by atoms with Gasteiger partial charge in [-0.3, -0.25) is 4.79 Å². The van der Waals surface area contributed by atoms with E-state index in [0.29, 0.717) is 19.3 Å². The van der Waals surface area contributed by atoms with Crippen LogP contribution in [0.4, 0.5) is 0 Å². The van der Waals surface area contributed by atoms with Crippen molar-refractivity contribution in [3.63, 3.8) is 0 Å². The molecule has 0 aromatic carbocycles. The molecule has 0 aromatic heterocycles. The first kappa shape index (κ1) is 15.4. The van der Waals surface area contributed by atoms with Crippen LogP contribution in [-0.2, 0) is 4.79 Å².